The van der Waals surface area contributed by atoms with Crippen molar-refractivity contribution in [1.82, 2.24) is 10.2 Å². The molecule has 0 spiro atoms. The number of alkyl halides is 3. The lowest BCUT2D eigenvalue weighted by Crippen LogP contribution is -2.33. The van der Waals surface area contributed by atoms with Crippen LogP contribution >= 0.6 is 11.3 Å². The summed E-state index contributed by atoms with van der Waals surface area (Å²) in [5, 5.41) is 3.31. The van der Waals surface area contributed by atoms with E-state index in [9.17, 15) is 13.2 Å². The smallest absolute Gasteiger partial charge is 0.312 e. The van der Waals surface area contributed by atoms with Crippen molar-refractivity contribution in [3.63, 3.8) is 0 Å². The van der Waals surface area contributed by atoms with Gasteiger partial charge in [-0.1, -0.05) is 13.8 Å². The Kier molecular flexibility index (Phi) is 6.99. The van der Waals surface area contributed by atoms with Crippen LogP contribution in [0.25, 0.3) is 0 Å². The summed E-state index contributed by atoms with van der Waals surface area (Å²) in [6.07, 6.45) is -3.06. The maximum atomic E-state index is 12.5. The van der Waals surface area contributed by atoms with Crippen LogP contribution in [-0.2, 0) is 13.1 Å². The predicted octanol–water partition coefficient (Wildman–Crippen LogP) is 3.94. The zero-order chi connectivity index (χ0) is 15.2. The normalized spacial score (nSPS) is 12.3. The van der Waals surface area contributed by atoms with Gasteiger partial charge in [-0.15, -0.1) is 11.3 Å². The quantitative estimate of drug-likeness (QED) is 0.732. The van der Waals surface area contributed by atoms with E-state index in [2.05, 4.69) is 12.2 Å². The van der Waals surface area contributed by atoms with Gasteiger partial charge >= 0.3 is 6.18 Å². The number of thiophene rings is 1. The predicted molar refractivity (Wildman–Crippen MR) is 78.1 cm³/mol. The molecule has 0 bridgehead atoms. The third-order valence-electron chi connectivity index (χ3n) is 3.04. The molecule has 20 heavy (non-hydrogen) atoms. The number of rotatable bonds is 8. The Balaban J connectivity index is 2.61. The molecule has 1 N–H and O–H groups in total. The second kappa shape index (κ2) is 8.00. The molecule has 116 valence electrons. The minimum absolute atomic E-state index is 0.367. The minimum atomic E-state index is -4.13. The Hall–Kier alpha value is -0.590. The van der Waals surface area contributed by atoms with E-state index in [0.717, 1.165) is 30.0 Å². The van der Waals surface area contributed by atoms with Crippen LogP contribution in [0.2, 0.25) is 0 Å². The number of nitrogens with one attached hydrogen (secondary N) is 1. The lowest BCUT2D eigenvalue weighted by molar-refractivity contribution is -0.146. The average Bonchev–Trinajstić information content (AvgIpc) is 2.68. The summed E-state index contributed by atoms with van der Waals surface area (Å²) >= 11 is 1.66. The molecule has 1 aromatic heterocycles. The van der Waals surface area contributed by atoms with Crippen molar-refractivity contribution < 1.29 is 13.2 Å². The molecule has 2 nitrogen and oxygen atoms in total. The van der Waals surface area contributed by atoms with Gasteiger partial charge < -0.3 is 5.32 Å². The van der Waals surface area contributed by atoms with Crippen molar-refractivity contribution in [3.8, 4) is 0 Å². The van der Waals surface area contributed by atoms with E-state index in [-0.39, 0.29) is 0 Å². The van der Waals surface area contributed by atoms with Gasteiger partial charge in [-0.05, 0) is 38.1 Å². The molecule has 0 radical (unpaired) electrons. The first-order valence-corrected chi connectivity index (χ1v) is 7.75. The maximum Gasteiger partial charge on any atom is 0.401 e. The van der Waals surface area contributed by atoms with E-state index in [1.165, 1.54) is 9.78 Å². The van der Waals surface area contributed by atoms with Crippen LogP contribution in [0.15, 0.2) is 6.07 Å². The van der Waals surface area contributed by atoms with Gasteiger partial charge in [0.1, 0.15) is 0 Å². The summed E-state index contributed by atoms with van der Waals surface area (Å²) in [6, 6.07) is 2.03. The molecule has 6 heteroatoms. The van der Waals surface area contributed by atoms with Crippen molar-refractivity contribution in [3.05, 3.63) is 21.4 Å². The molecule has 0 saturated heterocycles. The van der Waals surface area contributed by atoms with E-state index in [1.807, 2.05) is 13.0 Å². The Labute approximate surface area is 123 Å². The van der Waals surface area contributed by atoms with E-state index in [1.54, 1.807) is 18.3 Å². The zero-order valence-corrected chi connectivity index (χ0v) is 13.1. The van der Waals surface area contributed by atoms with Gasteiger partial charge in [0.05, 0.1) is 6.54 Å². The fourth-order valence-electron chi connectivity index (χ4n) is 1.99. The van der Waals surface area contributed by atoms with Gasteiger partial charge in [-0.25, -0.2) is 0 Å². The molecule has 0 aliphatic heterocycles. The maximum absolute atomic E-state index is 12.5. The standard InChI is InChI=1S/C14H23F3N2S/c1-4-6-18-8-13-7-12(11(3)20-13)9-19(5-2)10-14(15,16)17/h7,18H,4-6,8-10H2,1-3H3. The van der Waals surface area contributed by atoms with Crippen molar-refractivity contribution in [1.29, 1.82) is 0 Å². The molecule has 0 fully saturated rings. The lowest BCUT2D eigenvalue weighted by Gasteiger charge is -2.21. The summed E-state index contributed by atoms with van der Waals surface area (Å²) in [5.74, 6) is 0. The van der Waals surface area contributed by atoms with E-state index in [0.29, 0.717) is 13.1 Å². The fourth-order valence-corrected chi connectivity index (χ4v) is 3.02. The molecular weight excluding hydrogens is 285 g/mol. The van der Waals surface area contributed by atoms with Crippen molar-refractivity contribution in [2.45, 2.75) is 46.5 Å². The van der Waals surface area contributed by atoms with Crippen LogP contribution in [0.5, 0.6) is 0 Å². The highest BCUT2D eigenvalue weighted by Gasteiger charge is 2.30. The minimum Gasteiger partial charge on any atom is -0.312 e. The van der Waals surface area contributed by atoms with E-state index < -0.39 is 12.7 Å². The van der Waals surface area contributed by atoms with Crippen LogP contribution < -0.4 is 5.32 Å². The van der Waals surface area contributed by atoms with Crippen molar-refractivity contribution in [2.24, 2.45) is 0 Å². The first kappa shape index (κ1) is 17.5. The van der Waals surface area contributed by atoms with E-state index in [4.69, 9.17) is 0 Å². The largest absolute Gasteiger partial charge is 0.401 e. The van der Waals surface area contributed by atoms with Crippen LogP contribution in [-0.4, -0.2) is 30.7 Å². The van der Waals surface area contributed by atoms with Crippen molar-refractivity contribution in [2.75, 3.05) is 19.6 Å². The molecule has 1 aromatic rings. The Bertz CT molecular complexity index is 402. The summed E-state index contributed by atoms with van der Waals surface area (Å²) in [5.41, 5.74) is 1.01. The van der Waals surface area contributed by atoms with Gasteiger partial charge in [0.15, 0.2) is 0 Å². The van der Waals surface area contributed by atoms with E-state index >= 15 is 0 Å². The Morgan fingerprint density at radius 3 is 2.55 bits per heavy atom. The third kappa shape index (κ3) is 6.24. The van der Waals surface area contributed by atoms with Gasteiger partial charge in [-0.2, -0.15) is 13.2 Å². The fraction of sp³-hybridized carbons (Fsp3) is 0.714. The third-order valence-corrected chi connectivity index (χ3v) is 4.13. The second-order valence-electron chi connectivity index (χ2n) is 4.89. The highest BCUT2D eigenvalue weighted by atomic mass is 32.1. The van der Waals surface area contributed by atoms with Gasteiger partial charge in [0, 0.05) is 22.8 Å². The molecule has 0 unspecified atom stereocenters. The zero-order valence-electron chi connectivity index (χ0n) is 12.3. The SMILES string of the molecule is CCCNCc1cc(CN(CC)CC(F)(F)F)c(C)s1. The topological polar surface area (TPSA) is 15.3 Å². The summed E-state index contributed by atoms with van der Waals surface area (Å²) in [4.78, 5) is 3.73. The number of hydrogen-bond donors (Lipinski definition) is 1. The lowest BCUT2D eigenvalue weighted by atomic mass is 10.2. The number of nitrogens with zero attached hydrogens (tertiary/aromatic N) is 1. The number of halogens is 3. The van der Waals surface area contributed by atoms with Gasteiger partial charge in [-0.3, -0.25) is 4.90 Å². The average molecular weight is 308 g/mol. The summed E-state index contributed by atoms with van der Waals surface area (Å²) in [7, 11) is 0. The molecular formula is C14H23F3N2S. The number of aryl methyl sites for hydroxylation is 1. The molecule has 0 aliphatic carbocycles. The first-order valence-electron chi connectivity index (χ1n) is 6.93. The molecule has 0 atom stereocenters. The Morgan fingerprint density at radius 1 is 1.30 bits per heavy atom. The highest BCUT2D eigenvalue weighted by molar-refractivity contribution is 7.12. The number of hydrogen-bond acceptors (Lipinski definition) is 3. The molecule has 0 saturated carbocycles. The first-order chi connectivity index (χ1) is 9.35. The molecule has 0 aromatic carbocycles. The van der Waals surface area contributed by atoms with Crippen LogP contribution in [0.3, 0.4) is 0 Å². The highest BCUT2D eigenvalue weighted by Crippen LogP contribution is 2.24. The summed E-state index contributed by atoms with van der Waals surface area (Å²) in [6.45, 7) is 7.52. The van der Waals surface area contributed by atoms with Crippen molar-refractivity contribution >= 4 is 11.3 Å². The Morgan fingerprint density at radius 2 is 2.00 bits per heavy atom. The second-order valence-corrected chi connectivity index (χ2v) is 6.23. The molecule has 0 amide bonds. The van der Waals surface area contributed by atoms with Gasteiger partial charge in [0.2, 0.25) is 0 Å². The monoisotopic (exact) mass is 308 g/mol. The van der Waals surface area contributed by atoms with Gasteiger partial charge in [0.25, 0.3) is 0 Å². The summed E-state index contributed by atoms with van der Waals surface area (Å²) < 4.78 is 37.4. The molecule has 1 rings (SSSR count). The van der Waals surface area contributed by atoms with Crippen LogP contribution in [0.1, 0.15) is 35.6 Å². The van der Waals surface area contributed by atoms with Crippen LogP contribution in [0.4, 0.5) is 13.2 Å². The van der Waals surface area contributed by atoms with Crippen LogP contribution in [0, 0.1) is 6.92 Å². The molecule has 1 heterocycles. The molecule has 0 aliphatic rings.